The lowest BCUT2D eigenvalue weighted by Crippen LogP contribution is -2.46. The summed E-state index contributed by atoms with van der Waals surface area (Å²) in [6, 6.07) is 7.71. The molecule has 0 radical (unpaired) electrons. The number of nitrogens with one attached hydrogen (secondary N) is 3. The Morgan fingerprint density at radius 3 is 2.83 bits per heavy atom. The minimum absolute atomic E-state index is 0.0140. The minimum Gasteiger partial charge on any atom is -0.381 e. The highest BCUT2D eigenvalue weighted by molar-refractivity contribution is 6.04. The molecule has 0 spiro atoms. The number of ether oxygens (including phenoxy) is 1. The molecule has 1 atom stereocenters. The van der Waals surface area contributed by atoms with Gasteiger partial charge < -0.3 is 20.3 Å². The van der Waals surface area contributed by atoms with E-state index in [9.17, 15) is 9.59 Å². The summed E-state index contributed by atoms with van der Waals surface area (Å²) >= 11 is 0. The van der Waals surface area contributed by atoms with Crippen LogP contribution in [-0.2, 0) is 9.53 Å². The van der Waals surface area contributed by atoms with Gasteiger partial charge >= 0.3 is 0 Å². The van der Waals surface area contributed by atoms with Crippen molar-refractivity contribution in [2.45, 2.75) is 31.7 Å². The van der Waals surface area contributed by atoms with E-state index in [1.165, 1.54) is 0 Å². The predicted molar refractivity (Wildman–Crippen MR) is 110 cm³/mol. The first-order valence-electron chi connectivity index (χ1n) is 10.5. The van der Waals surface area contributed by atoms with E-state index in [0.29, 0.717) is 18.2 Å². The molecule has 3 N–H and O–H groups in total. The second-order valence-electron chi connectivity index (χ2n) is 8.00. The fourth-order valence-corrected chi connectivity index (χ4v) is 4.16. The molecular weight excluding hydrogens is 370 g/mol. The first kappa shape index (κ1) is 19.8. The fraction of sp³-hybridized carbons (Fsp3) is 0.571. The molecule has 0 saturated carbocycles. The standard InChI is InChI=1S/C21H29N5O3/c27-19(23-16-6-10-26(11-7-16)13-15-8-12-29-14-15)5-9-22-21(28)20-17-3-1-2-4-18(17)24-25-20/h1-4,15-16H,5-14H2,(H,22,28)(H,23,27)(H,24,25). The number of rotatable bonds is 7. The van der Waals surface area contributed by atoms with Crippen molar-refractivity contribution >= 4 is 22.7 Å². The van der Waals surface area contributed by atoms with Gasteiger partial charge in [0.25, 0.3) is 5.91 Å². The topological polar surface area (TPSA) is 99.3 Å². The third kappa shape index (κ3) is 5.13. The monoisotopic (exact) mass is 399 g/mol. The van der Waals surface area contributed by atoms with Gasteiger partial charge in [-0.25, -0.2) is 0 Å². The minimum atomic E-state index is -0.264. The maximum Gasteiger partial charge on any atom is 0.272 e. The average Bonchev–Trinajstić information content (AvgIpc) is 3.39. The number of piperidine rings is 1. The average molecular weight is 399 g/mol. The molecule has 8 nitrogen and oxygen atoms in total. The van der Waals surface area contributed by atoms with Crippen LogP contribution in [0.3, 0.4) is 0 Å². The molecule has 8 heteroatoms. The molecule has 29 heavy (non-hydrogen) atoms. The van der Waals surface area contributed by atoms with Crippen LogP contribution in [-0.4, -0.2) is 72.3 Å². The molecule has 2 saturated heterocycles. The molecule has 2 amide bonds. The SMILES string of the molecule is O=C(CCNC(=O)c1n[nH]c2ccccc12)NC1CCN(CC2CCOC2)CC1. The number of amides is 2. The number of H-pyrrole nitrogens is 1. The number of nitrogens with zero attached hydrogens (tertiary/aromatic N) is 2. The quantitative estimate of drug-likeness (QED) is 0.652. The number of para-hydroxylation sites is 1. The van der Waals surface area contributed by atoms with Crippen LogP contribution in [0.25, 0.3) is 10.9 Å². The molecular formula is C21H29N5O3. The molecule has 4 rings (SSSR count). The number of fused-ring (bicyclic) bond motifs is 1. The van der Waals surface area contributed by atoms with E-state index in [0.717, 1.165) is 63.0 Å². The lowest BCUT2D eigenvalue weighted by molar-refractivity contribution is -0.122. The van der Waals surface area contributed by atoms with Gasteiger partial charge in [0, 0.05) is 50.6 Å². The number of hydrogen-bond acceptors (Lipinski definition) is 5. The van der Waals surface area contributed by atoms with Gasteiger partial charge in [-0.3, -0.25) is 14.7 Å². The molecule has 2 fully saturated rings. The molecule has 2 aromatic rings. The fourth-order valence-electron chi connectivity index (χ4n) is 4.16. The van der Waals surface area contributed by atoms with Gasteiger partial charge in [0.15, 0.2) is 5.69 Å². The highest BCUT2D eigenvalue weighted by atomic mass is 16.5. The van der Waals surface area contributed by atoms with Gasteiger partial charge in [0.2, 0.25) is 5.91 Å². The first-order chi connectivity index (χ1) is 14.2. The summed E-state index contributed by atoms with van der Waals surface area (Å²) in [7, 11) is 0. The zero-order chi connectivity index (χ0) is 20.1. The molecule has 156 valence electrons. The van der Waals surface area contributed by atoms with Crippen molar-refractivity contribution in [1.82, 2.24) is 25.7 Å². The summed E-state index contributed by atoms with van der Waals surface area (Å²) in [5.41, 5.74) is 1.18. The number of hydrogen-bond donors (Lipinski definition) is 3. The van der Waals surface area contributed by atoms with Crippen LogP contribution in [0, 0.1) is 5.92 Å². The van der Waals surface area contributed by atoms with E-state index in [1.807, 2.05) is 24.3 Å². The van der Waals surface area contributed by atoms with Crippen molar-refractivity contribution in [3.8, 4) is 0 Å². The number of likely N-dealkylation sites (tertiary alicyclic amines) is 1. The summed E-state index contributed by atoms with van der Waals surface area (Å²) in [4.78, 5) is 27.0. The van der Waals surface area contributed by atoms with Crippen LogP contribution in [0.1, 0.15) is 36.2 Å². The van der Waals surface area contributed by atoms with Gasteiger partial charge in [0.1, 0.15) is 0 Å². The number of aromatic amines is 1. The van der Waals surface area contributed by atoms with Crippen LogP contribution in [0.2, 0.25) is 0 Å². The second-order valence-corrected chi connectivity index (χ2v) is 8.00. The highest BCUT2D eigenvalue weighted by Gasteiger charge is 2.24. The molecule has 3 heterocycles. The van der Waals surface area contributed by atoms with Gasteiger partial charge in [-0.15, -0.1) is 0 Å². The lowest BCUT2D eigenvalue weighted by Gasteiger charge is -2.33. The number of carbonyl (C=O) groups is 2. The van der Waals surface area contributed by atoms with E-state index in [2.05, 4.69) is 25.7 Å². The summed E-state index contributed by atoms with van der Waals surface area (Å²) in [5.74, 6) is 0.385. The predicted octanol–water partition coefficient (Wildman–Crippen LogP) is 1.30. The molecule has 2 aliphatic heterocycles. The smallest absolute Gasteiger partial charge is 0.272 e. The van der Waals surface area contributed by atoms with E-state index in [1.54, 1.807) is 0 Å². The van der Waals surface area contributed by atoms with Gasteiger partial charge in [-0.1, -0.05) is 18.2 Å². The first-order valence-corrected chi connectivity index (χ1v) is 10.5. The van der Waals surface area contributed by atoms with Crippen molar-refractivity contribution in [1.29, 1.82) is 0 Å². The van der Waals surface area contributed by atoms with Crippen LogP contribution >= 0.6 is 0 Å². The molecule has 1 aromatic carbocycles. The highest BCUT2D eigenvalue weighted by Crippen LogP contribution is 2.18. The molecule has 0 bridgehead atoms. The Labute approximate surface area is 170 Å². The number of carbonyl (C=O) groups excluding carboxylic acids is 2. The molecule has 0 aliphatic carbocycles. The summed E-state index contributed by atoms with van der Waals surface area (Å²) in [6.45, 7) is 5.22. The Morgan fingerprint density at radius 2 is 2.03 bits per heavy atom. The third-order valence-electron chi connectivity index (χ3n) is 5.82. The summed E-state index contributed by atoms with van der Waals surface area (Å²) in [6.07, 6.45) is 3.39. The largest absolute Gasteiger partial charge is 0.381 e. The second kappa shape index (κ2) is 9.37. The molecule has 2 aliphatic rings. The van der Waals surface area contributed by atoms with E-state index >= 15 is 0 Å². The van der Waals surface area contributed by atoms with Crippen LogP contribution in [0.15, 0.2) is 24.3 Å². The van der Waals surface area contributed by atoms with Crippen molar-refractivity contribution in [3.05, 3.63) is 30.0 Å². The van der Waals surface area contributed by atoms with Crippen molar-refractivity contribution in [2.75, 3.05) is 39.4 Å². The van der Waals surface area contributed by atoms with Gasteiger partial charge in [0.05, 0.1) is 12.1 Å². The Kier molecular flexibility index (Phi) is 6.41. The van der Waals surface area contributed by atoms with E-state index in [4.69, 9.17) is 4.74 Å². The van der Waals surface area contributed by atoms with Crippen molar-refractivity contribution in [3.63, 3.8) is 0 Å². The molecule has 1 unspecified atom stereocenters. The third-order valence-corrected chi connectivity index (χ3v) is 5.82. The van der Waals surface area contributed by atoms with Gasteiger partial charge in [-0.05, 0) is 31.2 Å². The Balaban J connectivity index is 1.15. The zero-order valence-corrected chi connectivity index (χ0v) is 16.7. The normalized spacial score (nSPS) is 20.8. The zero-order valence-electron chi connectivity index (χ0n) is 16.7. The van der Waals surface area contributed by atoms with Crippen LogP contribution in [0.5, 0.6) is 0 Å². The maximum atomic E-state index is 12.3. The van der Waals surface area contributed by atoms with Crippen molar-refractivity contribution < 1.29 is 14.3 Å². The lowest BCUT2D eigenvalue weighted by atomic mass is 10.0. The Bertz CT molecular complexity index is 838. The van der Waals surface area contributed by atoms with Gasteiger partial charge in [-0.2, -0.15) is 5.10 Å². The Morgan fingerprint density at radius 1 is 1.21 bits per heavy atom. The number of benzene rings is 1. The number of aromatic nitrogens is 2. The maximum absolute atomic E-state index is 12.3. The molecule has 1 aromatic heterocycles. The van der Waals surface area contributed by atoms with E-state index < -0.39 is 0 Å². The van der Waals surface area contributed by atoms with Crippen LogP contribution in [0.4, 0.5) is 0 Å². The summed E-state index contributed by atoms with van der Waals surface area (Å²) in [5, 5.41) is 13.6. The summed E-state index contributed by atoms with van der Waals surface area (Å²) < 4.78 is 5.45. The van der Waals surface area contributed by atoms with E-state index in [-0.39, 0.29) is 24.3 Å². The Hall–Kier alpha value is -2.45. The van der Waals surface area contributed by atoms with Crippen molar-refractivity contribution in [2.24, 2.45) is 5.92 Å². The van der Waals surface area contributed by atoms with Crippen LogP contribution < -0.4 is 10.6 Å².